The van der Waals surface area contributed by atoms with Crippen LogP contribution in [-0.4, -0.2) is 51.6 Å². The van der Waals surface area contributed by atoms with Crippen molar-refractivity contribution in [1.29, 1.82) is 0 Å². The Morgan fingerprint density at radius 3 is 2.27 bits per heavy atom. The van der Waals surface area contributed by atoms with E-state index in [1.807, 2.05) is 96.4 Å². The van der Waals surface area contributed by atoms with Crippen LogP contribution >= 0.6 is 11.3 Å². The van der Waals surface area contributed by atoms with Gasteiger partial charge < -0.3 is 25.7 Å². The number of nitrogens with one attached hydrogen (secondary N) is 2. The topological polar surface area (TPSA) is 119 Å². The lowest BCUT2D eigenvalue weighted by Gasteiger charge is -2.28. The van der Waals surface area contributed by atoms with Crippen molar-refractivity contribution in [2.24, 2.45) is 0 Å². The van der Waals surface area contributed by atoms with Gasteiger partial charge in [0.05, 0.1) is 10.9 Å². The molecule has 41 heavy (non-hydrogen) atoms. The van der Waals surface area contributed by atoms with E-state index in [2.05, 4.69) is 10.6 Å². The molecule has 0 bridgehead atoms. The highest BCUT2D eigenvalue weighted by Gasteiger charge is 2.38. The standard InChI is InChI=1S/C32H31N3O5S/c36-27(28(37)32(40)35-18-7-12-26(35)23-8-3-1-4-9-23)30(38)33-20-21-13-15-22(16-14-21)25-17-19-41-29(25)31(39)34-24-10-5-2-6-11-24/h1-6,8-11,13-17,19,26-28,36-37H,7,12,18,20H2,(H,33,38)(H,34,39)/t26?,27-,28-/m1/s1. The first-order valence-electron chi connectivity index (χ1n) is 13.4. The van der Waals surface area contributed by atoms with Crippen molar-refractivity contribution in [3.8, 4) is 11.1 Å². The highest BCUT2D eigenvalue weighted by molar-refractivity contribution is 7.12. The van der Waals surface area contributed by atoms with E-state index in [0.717, 1.165) is 35.1 Å². The predicted octanol–water partition coefficient (Wildman–Crippen LogP) is 4.37. The zero-order valence-electron chi connectivity index (χ0n) is 22.3. The first-order valence-corrected chi connectivity index (χ1v) is 14.3. The summed E-state index contributed by atoms with van der Waals surface area (Å²) in [5.41, 5.74) is 4.07. The van der Waals surface area contributed by atoms with Gasteiger partial charge in [0.15, 0.2) is 12.2 Å². The number of para-hydroxylation sites is 1. The van der Waals surface area contributed by atoms with Crippen LogP contribution in [0.3, 0.4) is 0 Å². The van der Waals surface area contributed by atoms with Gasteiger partial charge in [0.2, 0.25) is 0 Å². The molecule has 210 valence electrons. The number of carbonyl (C=O) groups excluding carboxylic acids is 3. The molecule has 8 nitrogen and oxygen atoms in total. The van der Waals surface area contributed by atoms with E-state index in [1.54, 1.807) is 0 Å². The number of benzene rings is 3. The average molecular weight is 570 g/mol. The fraction of sp³-hybridized carbons (Fsp3) is 0.219. The molecule has 0 aliphatic carbocycles. The summed E-state index contributed by atoms with van der Waals surface area (Å²) < 4.78 is 0. The fourth-order valence-corrected chi connectivity index (χ4v) is 5.83. The van der Waals surface area contributed by atoms with Crippen molar-refractivity contribution in [3.05, 3.63) is 112 Å². The lowest BCUT2D eigenvalue weighted by molar-refractivity contribution is -0.153. The van der Waals surface area contributed by atoms with Gasteiger partial charge in [0.25, 0.3) is 17.7 Å². The number of aliphatic hydroxyl groups is 2. The Labute approximate surface area is 242 Å². The van der Waals surface area contributed by atoms with Crippen molar-refractivity contribution >= 4 is 34.7 Å². The molecule has 1 saturated heterocycles. The second kappa shape index (κ2) is 12.9. The van der Waals surface area contributed by atoms with Crippen molar-refractivity contribution < 1.29 is 24.6 Å². The molecule has 3 aromatic carbocycles. The maximum absolute atomic E-state index is 13.0. The zero-order chi connectivity index (χ0) is 28.8. The minimum Gasteiger partial charge on any atom is -0.380 e. The highest BCUT2D eigenvalue weighted by atomic mass is 32.1. The van der Waals surface area contributed by atoms with Crippen molar-refractivity contribution in [2.45, 2.75) is 37.6 Å². The van der Waals surface area contributed by atoms with E-state index in [1.165, 1.54) is 16.2 Å². The number of hydrogen-bond donors (Lipinski definition) is 4. The number of hydrogen-bond acceptors (Lipinski definition) is 6. The van der Waals surface area contributed by atoms with Gasteiger partial charge in [-0.2, -0.15) is 0 Å². The van der Waals surface area contributed by atoms with Crippen LogP contribution in [0.1, 0.15) is 39.7 Å². The molecule has 2 heterocycles. The molecule has 9 heteroatoms. The third-order valence-corrected chi connectivity index (χ3v) is 8.09. The van der Waals surface area contributed by atoms with Crippen LogP contribution < -0.4 is 10.6 Å². The number of thiophene rings is 1. The average Bonchev–Trinajstić information content (AvgIpc) is 3.71. The van der Waals surface area contributed by atoms with Gasteiger partial charge in [-0.1, -0.05) is 72.8 Å². The minimum absolute atomic E-state index is 0.0957. The molecule has 0 radical (unpaired) electrons. The minimum atomic E-state index is -1.89. The molecule has 1 fully saturated rings. The summed E-state index contributed by atoms with van der Waals surface area (Å²) >= 11 is 1.35. The highest BCUT2D eigenvalue weighted by Crippen LogP contribution is 2.33. The van der Waals surface area contributed by atoms with Crippen molar-refractivity contribution in [2.75, 3.05) is 11.9 Å². The Bertz CT molecular complexity index is 1490. The first kappa shape index (κ1) is 28.2. The summed E-state index contributed by atoms with van der Waals surface area (Å²) in [5.74, 6) is -1.68. The van der Waals surface area contributed by atoms with Crippen molar-refractivity contribution in [1.82, 2.24) is 10.2 Å². The monoisotopic (exact) mass is 569 g/mol. The quantitative estimate of drug-likeness (QED) is 0.239. The predicted molar refractivity (Wildman–Crippen MR) is 158 cm³/mol. The summed E-state index contributed by atoms with van der Waals surface area (Å²) in [6.07, 6.45) is -2.22. The number of aliphatic hydroxyl groups excluding tert-OH is 2. The molecule has 3 atom stereocenters. The molecule has 3 amide bonds. The molecule has 1 unspecified atom stereocenters. The summed E-state index contributed by atoms with van der Waals surface area (Å²) in [4.78, 5) is 40.6. The fourth-order valence-electron chi connectivity index (χ4n) is 5.02. The van der Waals surface area contributed by atoms with Crippen LogP contribution in [0.25, 0.3) is 11.1 Å². The zero-order valence-corrected chi connectivity index (χ0v) is 23.1. The molecule has 0 spiro atoms. The molecule has 1 aliphatic heterocycles. The van der Waals surface area contributed by atoms with E-state index in [-0.39, 0.29) is 18.5 Å². The van der Waals surface area contributed by atoms with Crippen LogP contribution in [-0.2, 0) is 16.1 Å². The molecular formula is C32H31N3O5S. The summed E-state index contributed by atoms with van der Waals surface area (Å²) in [7, 11) is 0. The van der Waals surface area contributed by atoms with Gasteiger partial charge >= 0.3 is 0 Å². The molecule has 4 N–H and O–H groups in total. The Morgan fingerprint density at radius 1 is 0.878 bits per heavy atom. The van der Waals surface area contributed by atoms with Gasteiger partial charge in [-0.05, 0) is 53.1 Å². The van der Waals surface area contributed by atoms with E-state index in [0.29, 0.717) is 17.1 Å². The van der Waals surface area contributed by atoms with Crippen molar-refractivity contribution in [3.63, 3.8) is 0 Å². The van der Waals surface area contributed by atoms with Crippen LogP contribution in [0.15, 0.2) is 96.4 Å². The van der Waals surface area contributed by atoms with E-state index >= 15 is 0 Å². The number of rotatable bonds is 9. The van der Waals surface area contributed by atoms with Gasteiger partial charge in [0.1, 0.15) is 0 Å². The molecule has 4 aromatic rings. The second-order valence-corrected chi connectivity index (χ2v) is 10.8. The first-order chi connectivity index (χ1) is 19.9. The van der Waals surface area contributed by atoms with E-state index in [9.17, 15) is 24.6 Å². The smallest absolute Gasteiger partial charge is 0.266 e. The maximum atomic E-state index is 13.0. The summed E-state index contributed by atoms with van der Waals surface area (Å²) in [6.45, 7) is 0.550. The number of amides is 3. The van der Waals surface area contributed by atoms with Gasteiger partial charge in [-0.25, -0.2) is 0 Å². The SMILES string of the molecule is O=C(Nc1ccccc1)c1sccc1-c1ccc(CNC(=O)[C@H](O)[C@@H](O)C(=O)N2CCCC2c2ccccc2)cc1. The van der Waals surface area contributed by atoms with Crippen LogP contribution in [0, 0.1) is 0 Å². The van der Waals surface area contributed by atoms with Crippen LogP contribution in [0.4, 0.5) is 5.69 Å². The third kappa shape index (κ3) is 6.54. The van der Waals surface area contributed by atoms with E-state index < -0.39 is 24.0 Å². The van der Waals surface area contributed by atoms with Gasteiger partial charge in [0, 0.05) is 24.3 Å². The number of anilines is 1. The second-order valence-electron chi connectivity index (χ2n) is 9.89. The largest absolute Gasteiger partial charge is 0.380 e. The number of likely N-dealkylation sites (tertiary alicyclic amines) is 1. The molecule has 5 rings (SSSR count). The molecular weight excluding hydrogens is 538 g/mol. The Kier molecular flexibility index (Phi) is 8.88. The molecule has 0 saturated carbocycles. The molecule has 1 aliphatic rings. The Balaban J connectivity index is 1.17. The third-order valence-electron chi connectivity index (χ3n) is 7.18. The maximum Gasteiger partial charge on any atom is 0.266 e. The van der Waals surface area contributed by atoms with E-state index in [4.69, 9.17) is 0 Å². The Morgan fingerprint density at radius 2 is 1.56 bits per heavy atom. The lowest BCUT2D eigenvalue weighted by atomic mass is 10.0. The molecule has 1 aromatic heterocycles. The van der Waals surface area contributed by atoms with Gasteiger partial charge in [-0.15, -0.1) is 11.3 Å². The number of nitrogens with zero attached hydrogens (tertiary/aromatic N) is 1. The van der Waals surface area contributed by atoms with Crippen LogP contribution in [0.2, 0.25) is 0 Å². The summed E-state index contributed by atoms with van der Waals surface area (Å²) in [6, 6.07) is 27.8. The Hall–Kier alpha value is -4.31. The van der Waals surface area contributed by atoms with Gasteiger partial charge in [-0.3, -0.25) is 14.4 Å². The summed E-state index contributed by atoms with van der Waals surface area (Å²) in [5, 5.41) is 28.4. The lowest BCUT2D eigenvalue weighted by Crippen LogP contribution is -2.50. The van der Waals surface area contributed by atoms with Crippen LogP contribution in [0.5, 0.6) is 0 Å². The number of carbonyl (C=O) groups is 3. The normalized spacial score (nSPS) is 16.1.